The number of carbonyl (C=O) groups is 3. The molecule has 1 amide bonds. The minimum absolute atomic E-state index is 0.168. The lowest BCUT2D eigenvalue weighted by molar-refractivity contribution is -0.159. The molecule has 1 heterocycles. The van der Waals surface area contributed by atoms with Crippen molar-refractivity contribution in [2.45, 2.75) is 44.6 Å². The van der Waals surface area contributed by atoms with Crippen molar-refractivity contribution in [2.24, 2.45) is 0 Å². The van der Waals surface area contributed by atoms with Crippen LogP contribution in [0.15, 0.2) is 24.3 Å². The van der Waals surface area contributed by atoms with Crippen LogP contribution in [0.25, 0.3) is 0 Å². The highest BCUT2D eigenvalue weighted by molar-refractivity contribution is 6.27. The highest BCUT2D eigenvalue weighted by Crippen LogP contribution is 2.23. The molecule has 0 bridgehead atoms. The summed E-state index contributed by atoms with van der Waals surface area (Å²) in [6.45, 7) is 3.27. The monoisotopic (exact) mass is 394 g/mol. The zero-order chi connectivity index (χ0) is 20.5. The minimum atomic E-state index is -1.82. The summed E-state index contributed by atoms with van der Waals surface area (Å²) >= 11 is 0. The van der Waals surface area contributed by atoms with E-state index >= 15 is 0 Å². The van der Waals surface area contributed by atoms with Gasteiger partial charge in [-0.05, 0) is 25.0 Å². The Balaban J connectivity index is 0.000000409. The first-order chi connectivity index (χ1) is 13.4. The Bertz CT molecular complexity index is 669. The quantitative estimate of drug-likeness (QED) is 0.591. The number of aliphatic carboxylic acids is 2. The SMILES string of the molecule is O=C(O)C(=O)O.O=C(c1ccccc1F)N1CCN(C2CCCCCC2)CC1. The van der Waals surface area contributed by atoms with Crippen LogP contribution in [-0.4, -0.2) is 70.1 Å². The van der Waals surface area contributed by atoms with Crippen molar-refractivity contribution in [3.05, 3.63) is 35.6 Å². The number of piperazine rings is 1. The number of nitrogens with zero attached hydrogens (tertiary/aromatic N) is 2. The largest absolute Gasteiger partial charge is 0.473 e. The van der Waals surface area contributed by atoms with E-state index in [1.54, 1.807) is 23.1 Å². The van der Waals surface area contributed by atoms with Crippen molar-refractivity contribution in [1.82, 2.24) is 9.80 Å². The predicted molar refractivity (Wildman–Crippen MR) is 101 cm³/mol. The highest BCUT2D eigenvalue weighted by atomic mass is 19.1. The van der Waals surface area contributed by atoms with Gasteiger partial charge in [-0.1, -0.05) is 37.8 Å². The Hall–Kier alpha value is -2.48. The van der Waals surface area contributed by atoms with Gasteiger partial charge in [0.2, 0.25) is 0 Å². The lowest BCUT2D eigenvalue weighted by atomic mass is 10.1. The van der Waals surface area contributed by atoms with E-state index in [9.17, 15) is 9.18 Å². The van der Waals surface area contributed by atoms with E-state index in [2.05, 4.69) is 4.90 Å². The lowest BCUT2D eigenvalue weighted by Crippen LogP contribution is -2.52. The van der Waals surface area contributed by atoms with E-state index in [1.165, 1.54) is 44.6 Å². The van der Waals surface area contributed by atoms with Crippen LogP contribution in [0.2, 0.25) is 0 Å². The fourth-order valence-corrected chi connectivity index (χ4v) is 3.72. The predicted octanol–water partition coefficient (Wildman–Crippen LogP) is 2.46. The molecule has 3 rings (SSSR count). The number of halogens is 1. The van der Waals surface area contributed by atoms with Crippen LogP contribution in [0.1, 0.15) is 48.9 Å². The van der Waals surface area contributed by atoms with Crippen molar-refractivity contribution >= 4 is 17.8 Å². The van der Waals surface area contributed by atoms with Crippen molar-refractivity contribution in [2.75, 3.05) is 26.2 Å². The Morgan fingerprint density at radius 3 is 1.89 bits per heavy atom. The van der Waals surface area contributed by atoms with Gasteiger partial charge in [0, 0.05) is 32.2 Å². The second-order valence-corrected chi connectivity index (χ2v) is 7.06. The van der Waals surface area contributed by atoms with Crippen LogP contribution in [0.3, 0.4) is 0 Å². The van der Waals surface area contributed by atoms with Gasteiger partial charge in [-0.2, -0.15) is 0 Å². The molecular formula is C20H27FN2O5. The van der Waals surface area contributed by atoms with Gasteiger partial charge in [-0.15, -0.1) is 0 Å². The number of carboxylic acid groups (broad SMARTS) is 2. The number of amides is 1. The van der Waals surface area contributed by atoms with Gasteiger partial charge >= 0.3 is 11.9 Å². The molecule has 2 N–H and O–H groups in total. The van der Waals surface area contributed by atoms with Gasteiger partial charge in [0.05, 0.1) is 5.56 Å². The first kappa shape index (κ1) is 21.8. The molecule has 0 unspecified atom stereocenters. The van der Waals surface area contributed by atoms with E-state index in [0.717, 1.165) is 13.1 Å². The molecule has 1 aromatic carbocycles. The molecule has 8 heteroatoms. The van der Waals surface area contributed by atoms with Crippen LogP contribution >= 0.6 is 0 Å². The Kier molecular flexibility index (Phi) is 8.38. The normalized spacial score (nSPS) is 18.5. The standard InChI is InChI=1S/C18H25FN2O.C2H2O4/c19-17-10-6-5-9-16(17)18(22)21-13-11-20(12-14-21)15-7-3-1-2-4-8-15;3-1(4)2(5)6/h5-6,9-10,15H,1-4,7-8,11-14H2;(H,3,4)(H,5,6). The second kappa shape index (κ2) is 10.8. The van der Waals surface area contributed by atoms with E-state index in [0.29, 0.717) is 19.1 Å². The minimum Gasteiger partial charge on any atom is -0.473 e. The topological polar surface area (TPSA) is 98.1 Å². The third-order valence-electron chi connectivity index (χ3n) is 5.23. The maximum Gasteiger partial charge on any atom is 0.414 e. The van der Waals surface area contributed by atoms with E-state index in [-0.39, 0.29) is 11.5 Å². The smallest absolute Gasteiger partial charge is 0.414 e. The number of carbonyl (C=O) groups excluding carboxylic acids is 1. The molecule has 1 saturated carbocycles. The molecule has 2 fully saturated rings. The van der Waals surface area contributed by atoms with Crippen molar-refractivity contribution < 1.29 is 29.0 Å². The Morgan fingerprint density at radius 2 is 1.39 bits per heavy atom. The van der Waals surface area contributed by atoms with Crippen LogP contribution in [0.5, 0.6) is 0 Å². The third kappa shape index (κ3) is 6.30. The molecule has 0 radical (unpaired) electrons. The van der Waals surface area contributed by atoms with Crippen molar-refractivity contribution in [1.29, 1.82) is 0 Å². The van der Waals surface area contributed by atoms with Gasteiger partial charge in [0.25, 0.3) is 5.91 Å². The van der Waals surface area contributed by atoms with Gasteiger partial charge in [-0.3, -0.25) is 9.69 Å². The van der Waals surface area contributed by atoms with Crippen LogP contribution < -0.4 is 0 Å². The molecule has 1 aliphatic heterocycles. The summed E-state index contributed by atoms with van der Waals surface area (Å²) in [7, 11) is 0. The number of rotatable bonds is 2. The number of benzene rings is 1. The molecule has 2 aliphatic rings. The molecule has 0 aromatic heterocycles. The molecule has 0 atom stereocenters. The molecule has 7 nitrogen and oxygen atoms in total. The number of hydrogen-bond donors (Lipinski definition) is 2. The third-order valence-corrected chi connectivity index (χ3v) is 5.23. The second-order valence-electron chi connectivity index (χ2n) is 7.06. The fraction of sp³-hybridized carbons (Fsp3) is 0.550. The summed E-state index contributed by atoms with van der Waals surface area (Å²) in [5.74, 6) is -4.23. The maximum atomic E-state index is 13.7. The summed E-state index contributed by atoms with van der Waals surface area (Å²) in [5.41, 5.74) is 0.199. The summed E-state index contributed by atoms with van der Waals surface area (Å²) in [6, 6.07) is 6.96. The van der Waals surface area contributed by atoms with E-state index in [1.807, 2.05) is 0 Å². The molecule has 154 valence electrons. The summed E-state index contributed by atoms with van der Waals surface area (Å²) < 4.78 is 13.7. The first-order valence-corrected chi connectivity index (χ1v) is 9.64. The highest BCUT2D eigenvalue weighted by Gasteiger charge is 2.27. The summed E-state index contributed by atoms with van der Waals surface area (Å²) in [4.78, 5) is 35.0. The van der Waals surface area contributed by atoms with E-state index in [4.69, 9.17) is 19.8 Å². The molecule has 1 saturated heterocycles. The number of hydrogen-bond acceptors (Lipinski definition) is 4. The lowest BCUT2D eigenvalue weighted by Gasteiger charge is -2.39. The van der Waals surface area contributed by atoms with Crippen molar-refractivity contribution in [3.8, 4) is 0 Å². The van der Waals surface area contributed by atoms with Gasteiger partial charge < -0.3 is 15.1 Å². The van der Waals surface area contributed by atoms with Gasteiger partial charge in [0.15, 0.2) is 0 Å². The summed E-state index contributed by atoms with van der Waals surface area (Å²) in [5, 5.41) is 14.8. The molecule has 28 heavy (non-hydrogen) atoms. The fourth-order valence-electron chi connectivity index (χ4n) is 3.72. The molecular weight excluding hydrogens is 367 g/mol. The Morgan fingerprint density at radius 1 is 0.857 bits per heavy atom. The average molecular weight is 394 g/mol. The zero-order valence-corrected chi connectivity index (χ0v) is 15.8. The zero-order valence-electron chi connectivity index (χ0n) is 15.8. The van der Waals surface area contributed by atoms with Gasteiger partial charge in [0.1, 0.15) is 5.82 Å². The van der Waals surface area contributed by atoms with Crippen LogP contribution in [0, 0.1) is 5.82 Å². The summed E-state index contributed by atoms with van der Waals surface area (Å²) in [6.07, 6.45) is 7.98. The molecule has 1 aliphatic carbocycles. The van der Waals surface area contributed by atoms with Crippen LogP contribution in [0.4, 0.5) is 4.39 Å². The number of carboxylic acids is 2. The molecule has 1 aromatic rings. The van der Waals surface area contributed by atoms with E-state index < -0.39 is 17.8 Å². The van der Waals surface area contributed by atoms with Crippen molar-refractivity contribution in [3.63, 3.8) is 0 Å². The molecule has 0 spiro atoms. The maximum absolute atomic E-state index is 13.7. The first-order valence-electron chi connectivity index (χ1n) is 9.64. The van der Waals surface area contributed by atoms with Gasteiger partial charge in [-0.25, -0.2) is 14.0 Å². The Labute approximate surface area is 163 Å². The average Bonchev–Trinajstić information content (AvgIpc) is 2.98. The van der Waals surface area contributed by atoms with Crippen LogP contribution in [-0.2, 0) is 9.59 Å².